The summed E-state index contributed by atoms with van der Waals surface area (Å²) in [7, 11) is 0. The SMILES string of the molecule is CCCc1ccc2c(c1)c(C(F)(F)F)nc1ccccc12. The van der Waals surface area contributed by atoms with E-state index in [4.69, 9.17) is 0 Å². The molecule has 0 spiro atoms. The molecule has 0 aliphatic carbocycles. The van der Waals surface area contributed by atoms with Gasteiger partial charge in [-0.15, -0.1) is 0 Å². The van der Waals surface area contributed by atoms with Crippen LogP contribution in [0.1, 0.15) is 24.6 Å². The molecule has 0 amide bonds. The summed E-state index contributed by atoms with van der Waals surface area (Å²) in [5, 5.41) is 1.54. The molecule has 0 aliphatic rings. The first kappa shape index (κ1) is 13.9. The highest BCUT2D eigenvalue weighted by Crippen LogP contribution is 2.36. The van der Waals surface area contributed by atoms with Gasteiger partial charge in [0.15, 0.2) is 5.69 Å². The molecule has 0 bridgehead atoms. The Morgan fingerprint density at radius 3 is 2.43 bits per heavy atom. The van der Waals surface area contributed by atoms with Gasteiger partial charge < -0.3 is 0 Å². The van der Waals surface area contributed by atoms with E-state index in [-0.39, 0.29) is 5.39 Å². The number of benzene rings is 2. The van der Waals surface area contributed by atoms with Gasteiger partial charge in [0.25, 0.3) is 0 Å². The Hall–Kier alpha value is -2.10. The van der Waals surface area contributed by atoms with Gasteiger partial charge in [-0.3, -0.25) is 0 Å². The van der Waals surface area contributed by atoms with E-state index in [2.05, 4.69) is 4.98 Å². The number of aromatic nitrogens is 1. The summed E-state index contributed by atoms with van der Waals surface area (Å²) in [5.74, 6) is 0. The van der Waals surface area contributed by atoms with E-state index in [0.29, 0.717) is 10.9 Å². The highest BCUT2D eigenvalue weighted by atomic mass is 19.4. The Kier molecular flexibility index (Phi) is 3.32. The third-order valence-corrected chi connectivity index (χ3v) is 3.57. The van der Waals surface area contributed by atoms with Crippen LogP contribution in [0.2, 0.25) is 0 Å². The number of alkyl halides is 3. The lowest BCUT2D eigenvalue weighted by Gasteiger charge is -2.13. The Balaban J connectivity index is 2.42. The Morgan fingerprint density at radius 2 is 1.71 bits per heavy atom. The molecular formula is C17H14F3N. The smallest absolute Gasteiger partial charge is 0.243 e. The highest BCUT2D eigenvalue weighted by molar-refractivity contribution is 6.06. The van der Waals surface area contributed by atoms with Crippen molar-refractivity contribution in [2.45, 2.75) is 25.9 Å². The summed E-state index contributed by atoms with van der Waals surface area (Å²) in [6.45, 7) is 2.01. The second kappa shape index (κ2) is 5.02. The van der Waals surface area contributed by atoms with Gasteiger partial charge >= 0.3 is 6.18 Å². The molecule has 1 heterocycles. The fraction of sp³-hybridized carbons (Fsp3) is 0.235. The number of fused-ring (bicyclic) bond motifs is 3. The Bertz CT molecular complexity index is 806. The van der Waals surface area contributed by atoms with Crippen LogP contribution in [0.5, 0.6) is 0 Å². The van der Waals surface area contributed by atoms with E-state index in [1.165, 1.54) is 0 Å². The summed E-state index contributed by atoms with van der Waals surface area (Å²) >= 11 is 0. The zero-order valence-electron chi connectivity index (χ0n) is 11.5. The summed E-state index contributed by atoms with van der Waals surface area (Å²) in [6, 6.07) is 12.2. The van der Waals surface area contributed by atoms with E-state index < -0.39 is 11.9 Å². The van der Waals surface area contributed by atoms with E-state index >= 15 is 0 Å². The number of nitrogens with zero attached hydrogens (tertiary/aromatic N) is 1. The van der Waals surface area contributed by atoms with Gasteiger partial charge in [-0.1, -0.05) is 43.7 Å². The van der Waals surface area contributed by atoms with E-state index in [9.17, 15) is 13.2 Å². The van der Waals surface area contributed by atoms with Crippen LogP contribution in [-0.2, 0) is 12.6 Å². The van der Waals surface area contributed by atoms with Crippen LogP contribution in [-0.4, -0.2) is 4.98 Å². The molecule has 0 atom stereocenters. The predicted octanol–water partition coefficient (Wildman–Crippen LogP) is 5.36. The van der Waals surface area contributed by atoms with Crippen LogP contribution in [0.15, 0.2) is 42.5 Å². The molecule has 0 unspecified atom stereocenters. The van der Waals surface area contributed by atoms with Crippen LogP contribution in [0.3, 0.4) is 0 Å². The second-order valence-electron chi connectivity index (χ2n) is 5.11. The Labute approximate surface area is 120 Å². The van der Waals surface area contributed by atoms with Crippen molar-refractivity contribution in [2.24, 2.45) is 0 Å². The zero-order chi connectivity index (χ0) is 15.0. The quantitative estimate of drug-likeness (QED) is 0.579. The molecule has 4 heteroatoms. The number of rotatable bonds is 2. The molecule has 0 aliphatic heterocycles. The molecule has 2 aromatic carbocycles. The van der Waals surface area contributed by atoms with Gasteiger partial charge in [-0.25, -0.2) is 4.98 Å². The van der Waals surface area contributed by atoms with Crippen LogP contribution >= 0.6 is 0 Å². The largest absolute Gasteiger partial charge is 0.433 e. The molecule has 0 saturated heterocycles. The van der Waals surface area contributed by atoms with Crippen LogP contribution in [0, 0.1) is 0 Å². The van der Waals surface area contributed by atoms with Crippen LogP contribution in [0.4, 0.5) is 13.2 Å². The van der Waals surface area contributed by atoms with Crippen LogP contribution in [0.25, 0.3) is 21.7 Å². The van der Waals surface area contributed by atoms with Gasteiger partial charge in [-0.2, -0.15) is 13.2 Å². The molecule has 1 aromatic heterocycles. The van der Waals surface area contributed by atoms with Crippen LogP contribution < -0.4 is 0 Å². The van der Waals surface area contributed by atoms with Gasteiger partial charge in [0.1, 0.15) is 0 Å². The van der Waals surface area contributed by atoms with Crippen molar-refractivity contribution >= 4 is 21.7 Å². The minimum absolute atomic E-state index is 0.187. The molecule has 21 heavy (non-hydrogen) atoms. The third kappa shape index (κ3) is 2.46. The fourth-order valence-electron chi connectivity index (χ4n) is 2.66. The topological polar surface area (TPSA) is 12.9 Å². The van der Waals surface area contributed by atoms with Crippen molar-refractivity contribution in [3.8, 4) is 0 Å². The lowest BCUT2D eigenvalue weighted by molar-refractivity contribution is -0.139. The molecule has 0 N–H and O–H groups in total. The molecule has 0 saturated carbocycles. The molecule has 3 aromatic rings. The third-order valence-electron chi connectivity index (χ3n) is 3.57. The van der Waals surface area contributed by atoms with Crippen molar-refractivity contribution in [1.82, 2.24) is 4.98 Å². The van der Waals surface area contributed by atoms with Crippen molar-refractivity contribution < 1.29 is 13.2 Å². The van der Waals surface area contributed by atoms with E-state index in [1.54, 1.807) is 24.3 Å². The van der Waals surface area contributed by atoms with E-state index in [0.717, 1.165) is 23.8 Å². The van der Waals surface area contributed by atoms with Crippen molar-refractivity contribution in [3.63, 3.8) is 0 Å². The first-order valence-corrected chi connectivity index (χ1v) is 6.89. The summed E-state index contributed by atoms with van der Waals surface area (Å²) in [5.41, 5.74) is 0.488. The molecule has 108 valence electrons. The van der Waals surface area contributed by atoms with Crippen molar-refractivity contribution in [1.29, 1.82) is 0 Å². The zero-order valence-corrected chi connectivity index (χ0v) is 11.5. The summed E-state index contributed by atoms with van der Waals surface area (Å²) < 4.78 is 39.9. The van der Waals surface area contributed by atoms with Gasteiger partial charge in [0, 0.05) is 10.8 Å². The maximum atomic E-state index is 13.3. The first-order valence-electron chi connectivity index (χ1n) is 6.89. The molecule has 0 radical (unpaired) electrons. The second-order valence-corrected chi connectivity index (χ2v) is 5.11. The highest BCUT2D eigenvalue weighted by Gasteiger charge is 2.35. The van der Waals surface area contributed by atoms with E-state index in [1.807, 2.05) is 25.1 Å². The summed E-state index contributed by atoms with van der Waals surface area (Å²) in [6.07, 6.45) is -2.79. The lowest BCUT2D eigenvalue weighted by Crippen LogP contribution is -2.09. The number of para-hydroxylation sites is 1. The predicted molar refractivity (Wildman–Crippen MR) is 78.2 cm³/mol. The first-order chi connectivity index (χ1) is 10.0. The number of hydrogen-bond donors (Lipinski definition) is 0. The minimum atomic E-state index is -4.45. The number of halogens is 3. The van der Waals surface area contributed by atoms with Crippen molar-refractivity contribution in [3.05, 3.63) is 53.7 Å². The van der Waals surface area contributed by atoms with Gasteiger partial charge in [0.05, 0.1) is 5.52 Å². The van der Waals surface area contributed by atoms with Gasteiger partial charge in [-0.05, 0) is 29.5 Å². The molecule has 1 nitrogen and oxygen atoms in total. The average Bonchev–Trinajstić information content (AvgIpc) is 2.45. The minimum Gasteiger partial charge on any atom is -0.243 e. The Morgan fingerprint density at radius 1 is 0.952 bits per heavy atom. The summed E-state index contributed by atoms with van der Waals surface area (Å²) in [4.78, 5) is 3.85. The number of aryl methyl sites for hydroxylation is 1. The lowest BCUT2D eigenvalue weighted by atomic mass is 9.99. The monoisotopic (exact) mass is 289 g/mol. The molecule has 0 fully saturated rings. The number of hydrogen-bond acceptors (Lipinski definition) is 1. The molecule has 3 rings (SSSR count). The number of pyridine rings is 1. The maximum absolute atomic E-state index is 13.3. The normalized spacial score (nSPS) is 12.2. The van der Waals surface area contributed by atoms with Crippen molar-refractivity contribution in [2.75, 3.05) is 0 Å². The molecular weight excluding hydrogens is 275 g/mol. The van der Waals surface area contributed by atoms with Gasteiger partial charge in [0.2, 0.25) is 0 Å². The average molecular weight is 289 g/mol. The maximum Gasteiger partial charge on any atom is 0.433 e. The fourth-order valence-corrected chi connectivity index (χ4v) is 2.66. The standard InChI is InChI=1S/C17H14F3N/c1-2-5-11-8-9-12-13-6-3-4-7-15(13)21-16(14(12)10-11)17(18,19)20/h3-4,6-10H,2,5H2,1H3.